The Morgan fingerprint density at radius 2 is 2.09 bits per heavy atom. The van der Waals surface area contributed by atoms with E-state index in [0.29, 0.717) is 18.3 Å². The van der Waals surface area contributed by atoms with Gasteiger partial charge in [0.25, 0.3) is 5.91 Å². The lowest BCUT2D eigenvalue weighted by Crippen LogP contribution is -2.29. The summed E-state index contributed by atoms with van der Waals surface area (Å²) >= 11 is 1.70. The number of aromatic nitrogens is 3. The lowest BCUT2D eigenvalue weighted by Gasteiger charge is -2.22. The quantitative estimate of drug-likeness (QED) is 0.818. The summed E-state index contributed by atoms with van der Waals surface area (Å²) in [7, 11) is 0. The number of nitrogens with zero attached hydrogens (tertiary/aromatic N) is 3. The van der Waals surface area contributed by atoms with Gasteiger partial charge >= 0.3 is 0 Å². The summed E-state index contributed by atoms with van der Waals surface area (Å²) in [4.78, 5) is 13.4. The second-order valence-corrected chi connectivity index (χ2v) is 6.48. The van der Waals surface area contributed by atoms with Gasteiger partial charge in [-0.3, -0.25) is 4.79 Å². The summed E-state index contributed by atoms with van der Waals surface area (Å²) in [6.45, 7) is 2.46. The highest BCUT2D eigenvalue weighted by atomic mass is 32.2. The summed E-state index contributed by atoms with van der Waals surface area (Å²) in [5, 5.41) is 14.3. The van der Waals surface area contributed by atoms with Gasteiger partial charge in [0, 0.05) is 11.4 Å². The van der Waals surface area contributed by atoms with Crippen LogP contribution in [0.15, 0.2) is 35.4 Å². The molecule has 0 spiro atoms. The van der Waals surface area contributed by atoms with E-state index in [9.17, 15) is 4.79 Å². The highest BCUT2D eigenvalue weighted by molar-refractivity contribution is 7.98. The van der Waals surface area contributed by atoms with Crippen molar-refractivity contribution in [2.45, 2.75) is 30.3 Å². The van der Waals surface area contributed by atoms with Gasteiger partial charge in [-0.25, -0.2) is 4.68 Å². The third kappa shape index (κ3) is 4.11. The van der Waals surface area contributed by atoms with Gasteiger partial charge in [0.05, 0.1) is 12.2 Å². The van der Waals surface area contributed by atoms with E-state index >= 15 is 0 Å². The van der Waals surface area contributed by atoms with Gasteiger partial charge in [0.1, 0.15) is 0 Å². The first kappa shape index (κ1) is 16.0. The van der Waals surface area contributed by atoms with Gasteiger partial charge in [0.15, 0.2) is 5.69 Å². The summed E-state index contributed by atoms with van der Waals surface area (Å²) in [5.41, 5.74) is 1.45. The summed E-state index contributed by atoms with van der Waals surface area (Å²) in [6, 6.07) is 8.50. The number of amides is 1. The van der Waals surface area contributed by atoms with Crippen LogP contribution < -0.4 is 10.6 Å². The average Bonchev–Trinajstić information content (AvgIpc) is 3.11. The number of hydrogen-bond donors (Lipinski definition) is 2. The number of thioether (sulfide) groups is 1. The van der Waals surface area contributed by atoms with Crippen LogP contribution in [0.25, 0.3) is 0 Å². The molecular weight excluding hydrogens is 310 g/mol. The zero-order valence-corrected chi connectivity index (χ0v) is 14.0. The first-order valence-corrected chi connectivity index (χ1v) is 9.02. The average molecular weight is 331 g/mol. The molecule has 1 aromatic heterocycles. The predicted molar refractivity (Wildman–Crippen MR) is 90.6 cm³/mol. The monoisotopic (exact) mass is 331 g/mol. The van der Waals surface area contributed by atoms with Crippen molar-refractivity contribution in [2.75, 3.05) is 19.3 Å². The smallest absolute Gasteiger partial charge is 0.273 e. The van der Waals surface area contributed by atoms with E-state index in [2.05, 4.69) is 33.1 Å². The molecule has 7 heteroatoms. The maximum absolute atomic E-state index is 12.2. The van der Waals surface area contributed by atoms with Crippen LogP contribution in [0.5, 0.6) is 0 Å². The highest BCUT2D eigenvalue weighted by Gasteiger charge is 2.18. The number of carbonyl (C=O) groups excluding carboxylic acids is 1. The summed E-state index contributed by atoms with van der Waals surface area (Å²) in [5.74, 6) is -0.181. The normalized spacial score (nSPS) is 15.5. The molecule has 0 aliphatic carbocycles. The topological polar surface area (TPSA) is 71.8 Å². The number of benzene rings is 1. The van der Waals surface area contributed by atoms with Crippen LogP contribution >= 0.6 is 11.8 Å². The molecule has 1 fully saturated rings. The van der Waals surface area contributed by atoms with Gasteiger partial charge in [-0.1, -0.05) is 17.3 Å². The molecule has 0 atom stereocenters. The lowest BCUT2D eigenvalue weighted by atomic mass is 10.1. The van der Waals surface area contributed by atoms with Crippen molar-refractivity contribution in [2.24, 2.45) is 0 Å². The van der Waals surface area contributed by atoms with Crippen molar-refractivity contribution in [1.82, 2.24) is 25.6 Å². The lowest BCUT2D eigenvalue weighted by molar-refractivity contribution is 0.0946. The zero-order valence-electron chi connectivity index (χ0n) is 13.2. The minimum Gasteiger partial charge on any atom is -0.347 e. The minimum atomic E-state index is -0.181. The second kappa shape index (κ2) is 7.61. The minimum absolute atomic E-state index is 0.181. The molecule has 0 saturated carbocycles. The molecule has 1 aliphatic heterocycles. The maximum atomic E-state index is 12.2. The molecule has 6 nitrogen and oxygen atoms in total. The van der Waals surface area contributed by atoms with Gasteiger partial charge in [-0.15, -0.1) is 16.9 Å². The van der Waals surface area contributed by atoms with Crippen LogP contribution in [0.1, 0.15) is 34.9 Å². The predicted octanol–water partition coefficient (Wildman–Crippen LogP) is 1.85. The summed E-state index contributed by atoms with van der Waals surface area (Å²) in [6.07, 6.45) is 5.84. The molecule has 0 radical (unpaired) electrons. The molecule has 122 valence electrons. The Balaban J connectivity index is 1.56. The van der Waals surface area contributed by atoms with E-state index in [-0.39, 0.29) is 5.91 Å². The van der Waals surface area contributed by atoms with Gasteiger partial charge < -0.3 is 10.6 Å². The molecule has 23 heavy (non-hydrogen) atoms. The van der Waals surface area contributed by atoms with E-state index < -0.39 is 0 Å². The molecule has 2 N–H and O–H groups in total. The fraction of sp³-hybridized carbons (Fsp3) is 0.438. The van der Waals surface area contributed by atoms with Crippen molar-refractivity contribution in [3.8, 4) is 0 Å². The van der Waals surface area contributed by atoms with Crippen molar-refractivity contribution in [1.29, 1.82) is 0 Å². The fourth-order valence-corrected chi connectivity index (χ4v) is 3.05. The number of piperidine rings is 1. The van der Waals surface area contributed by atoms with E-state index in [4.69, 9.17) is 0 Å². The van der Waals surface area contributed by atoms with Crippen molar-refractivity contribution in [3.63, 3.8) is 0 Å². The Morgan fingerprint density at radius 1 is 1.35 bits per heavy atom. The van der Waals surface area contributed by atoms with E-state index in [0.717, 1.165) is 31.5 Å². The van der Waals surface area contributed by atoms with Crippen molar-refractivity contribution < 1.29 is 4.79 Å². The Morgan fingerprint density at radius 3 is 2.78 bits per heavy atom. The van der Waals surface area contributed by atoms with E-state index in [1.807, 2.05) is 23.1 Å². The number of hydrogen-bond acceptors (Lipinski definition) is 5. The number of carbonyl (C=O) groups is 1. The van der Waals surface area contributed by atoms with Crippen LogP contribution in [-0.2, 0) is 6.54 Å². The first-order chi connectivity index (χ1) is 11.3. The molecule has 1 aliphatic rings. The Labute approximate surface area is 140 Å². The Hall–Kier alpha value is -1.86. The molecule has 1 amide bonds. The van der Waals surface area contributed by atoms with Gasteiger partial charge in [0.2, 0.25) is 0 Å². The molecule has 3 rings (SSSR count). The van der Waals surface area contributed by atoms with Gasteiger partial charge in [-0.2, -0.15) is 0 Å². The fourth-order valence-electron chi connectivity index (χ4n) is 2.65. The Kier molecular flexibility index (Phi) is 5.30. The highest BCUT2D eigenvalue weighted by Crippen LogP contribution is 2.17. The van der Waals surface area contributed by atoms with Crippen molar-refractivity contribution in [3.05, 3.63) is 41.7 Å². The standard InChI is InChI=1S/C16H21N5OS/c1-23-14-4-2-12(3-5-14)10-18-16(22)15-11-21(20-19-15)13-6-8-17-9-7-13/h2-5,11,13,17H,6-10H2,1H3,(H,18,22). The van der Waals surface area contributed by atoms with Crippen LogP contribution in [0.2, 0.25) is 0 Å². The molecule has 0 bridgehead atoms. The first-order valence-electron chi connectivity index (χ1n) is 7.80. The van der Waals surface area contributed by atoms with Crippen LogP contribution in [0, 0.1) is 0 Å². The third-order valence-corrected chi connectivity index (χ3v) is 4.78. The van der Waals surface area contributed by atoms with E-state index in [1.165, 1.54) is 4.90 Å². The number of nitrogens with one attached hydrogen (secondary N) is 2. The van der Waals surface area contributed by atoms with Crippen LogP contribution in [-0.4, -0.2) is 40.2 Å². The zero-order chi connectivity index (χ0) is 16.1. The SMILES string of the molecule is CSc1ccc(CNC(=O)c2cn(C3CCNCC3)nn2)cc1. The summed E-state index contributed by atoms with van der Waals surface area (Å²) < 4.78 is 1.82. The molecule has 1 saturated heterocycles. The third-order valence-electron chi connectivity index (χ3n) is 4.04. The van der Waals surface area contributed by atoms with Gasteiger partial charge in [-0.05, 0) is 49.9 Å². The molecule has 1 aromatic carbocycles. The Bertz CT molecular complexity index is 649. The molecule has 2 heterocycles. The molecular formula is C16H21N5OS. The van der Waals surface area contributed by atoms with E-state index in [1.54, 1.807) is 18.0 Å². The largest absolute Gasteiger partial charge is 0.347 e. The molecule has 2 aromatic rings. The van der Waals surface area contributed by atoms with Crippen molar-refractivity contribution >= 4 is 17.7 Å². The van der Waals surface area contributed by atoms with Crippen LogP contribution in [0.3, 0.4) is 0 Å². The number of rotatable bonds is 5. The second-order valence-electron chi connectivity index (χ2n) is 5.60. The maximum Gasteiger partial charge on any atom is 0.273 e. The van der Waals surface area contributed by atoms with Crippen LogP contribution in [0.4, 0.5) is 0 Å². The molecule has 0 unspecified atom stereocenters.